The lowest BCUT2D eigenvalue weighted by Gasteiger charge is -2.13. The maximum atomic E-state index is 12.0. The van der Waals surface area contributed by atoms with E-state index in [0.29, 0.717) is 5.56 Å². The summed E-state index contributed by atoms with van der Waals surface area (Å²) in [5.74, 6) is -0.291. The SMILES string of the molecule is CCc1ccc(C(C)NC(=O)/C=C/c2ccccc2[N+](=O)[O-])cc1. The lowest BCUT2D eigenvalue weighted by atomic mass is 10.0. The van der Waals surface area contributed by atoms with E-state index in [1.807, 2.05) is 31.2 Å². The van der Waals surface area contributed by atoms with Crippen LogP contribution in [0.4, 0.5) is 5.69 Å². The van der Waals surface area contributed by atoms with Gasteiger partial charge in [0.2, 0.25) is 5.91 Å². The summed E-state index contributed by atoms with van der Waals surface area (Å²) in [6, 6.07) is 14.2. The number of rotatable bonds is 6. The van der Waals surface area contributed by atoms with Gasteiger partial charge in [0.25, 0.3) is 5.69 Å². The minimum Gasteiger partial charge on any atom is -0.346 e. The number of benzene rings is 2. The van der Waals surface area contributed by atoms with Crippen molar-refractivity contribution in [2.45, 2.75) is 26.3 Å². The summed E-state index contributed by atoms with van der Waals surface area (Å²) < 4.78 is 0. The average molecular weight is 324 g/mol. The van der Waals surface area contributed by atoms with Crippen LogP contribution in [-0.2, 0) is 11.2 Å². The molecule has 1 amide bonds. The Bertz CT molecular complexity index is 751. The topological polar surface area (TPSA) is 72.2 Å². The van der Waals surface area contributed by atoms with Gasteiger partial charge < -0.3 is 5.32 Å². The molecule has 1 unspecified atom stereocenters. The number of nitro benzene ring substituents is 1. The molecule has 0 spiro atoms. The zero-order chi connectivity index (χ0) is 17.5. The van der Waals surface area contributed by atoms with E-state index in [4.69, 9.17) is 0 Å². The number of hydrogen-bond acceptors (Lipinski definition) is 3. The van der Waals surface area contributed by atoms with Crippen molar-refractivity contribution >= 4 is 17.7 Å². The van der Waals surface area contributed by atoms with Crippen molar-refractivity contribution in [1.29, 1.82) is 0 Å². The third-order valence-electron chi connectivity index (χ3n) is 3.79. The van der Waals surface area contributed by atoms with Crippen molar-refractivity contribution in [1.82, 2.24) is 5.32 Å². The highest BCUT2D eigenvalue weighted by atomic mass is 16.6. The molecule has 2 aromatic carbocycles. The smallest absolute Gasteiger partial charge is 0.276 e. The molecule has 0 aromatic heterocycles. The van der Waals surface area contributed by atoms with Crippen LogP contribution >= 0.6 is 0 Å². The molecule has 0 heterocycles. The van der Waals surface area contributed by atoms with E-state index in [9.17, 15) is 14.9 Å². The fraction of sp³-hybridized carbons (Fsp3) is 0.211. The van der Waals surface area contributed by atoms with Gasteiger partial charge in [-0.05, 0) is 36.6 Å². The minimum atomic E-state index is -0.463. The van der Waals surface area contributed by atoms with Gasteiger partial charge in [0.15, 0.2) is 0 Å². The molecular formula is C19H20N2O3. The predicted octanol–water partition coefficient (Wildman–Crippen LogP) is 4.05. The number of nitrogens with one attached hydrogen (secondary N) is 1. The van der Waals surface area contributed by atoms with Gasteiger partial charge >= 0.3 is 0 Å². The fourth-order valence-corrected chi connectivity index (χ4v) is 2.35. The molecule has 1 N–H and O–H groups in total. The van der Waals surface area contributed by atoms with Gasteiger partial charge in [-0.15, -0.1) is 0 Å². The van der Waals surface area contributed by atoms with Crippen LogP contribution in [-0.4, -0.2) is 10.8 Å². The van der Waals surface area contributed by atoms with E-state index in [1.54, 1.807) is 18.2 Å². The second-order valence-electron chi connectivity index (χ2n) is 5.47. The van der Waals surface area contributed by atoms with Gasteiger partial charge in [-0.25, -0.2) is 0 Å². The van der Waals surface area contributed by atoms with E-state index < -0.39 is 4.92 Å². The molecule has 0 radical (unpaired) electrons. The lowest BCUT2D eigenvalue weighted by Crippen LogP contribution is -2.24. The molecule has 0 saturated heterocycles. The van der Waals surface area contributed by atoms with Crippen LogP contribution in [0.2, 0.25) is 0 Å². The first-order valence-electron chi connectivity index (χ1n) is 7.82. The Morgan fingerprint density at radius 2 is 1.88 bits per heavy atom. The van der Waals surface area contributed by atoms with Crippen molar-refractivity contribution in [2.24, 2.45) is 0 Å². The quantitative estimate of drug-likeness (QED) is 0.495. The summed E-state index contributed by atoms with van der Waals surface area (Å²) in [6.45, 7) is 3.99. The summed E-state index contributed by atoms with van der Waals surface area (Å²) in [4.78, 5) is 22.5. The molecule has 0 aliphatic rings. The van der Waals surface area contributed by atoms with E-state index in [-0.39, 0.29) is 17.6 Å². The molecule has 5 heteroatoms. The van der Waals surface area contributed by atoms with Crippen LogP contribution in [0.15, 0.2) is 54.6 Å². The molecule has 2 aromatic rings. The summed E-state index contributed by atoms with van der Waals surface area (Å²) in [7, 11) is 0. The molecule has 0 bridgehead atoms. The number of carbonyl (C=O) groups excluding carboxylic acids is 1. The van der Waals surface area contributed by atoms with Crippen molar-refractivity contribution in [3.8, 4) is 0 Å². The average Bonchev–Trinajstić information content (AvgIpc) is 2.60. The van der Waals surface area contributed by atoms with Crippen LogP contribution in [0.25, 0.3) is 6.08 Å². The van der Waals surface area contributed by atoms with E-state index in [0.717, 1.165) is 12.0 Å². The zero-order valence-electron chi connectivity index (χ0n) is 13.7. The standard InChI is InChI=1S/C19H20N2O3/c1-3-15-8-10-16(11-9-15)14(2)20-19(22)13-12-17-6-4-5-7-18(17)21(23)24/h4-14H,3H2,1-2H3,(H,20,22)/b13-12+. The van der Waals surface area contributed by atoms with Gasteiger partial charge in [-0.3, -0.25) is 14.9 Å². The Balaban J connectivity index is 2.03. The van der Waals surface area contributed by atoms with Crippen molar-refractivity contribution in [2.75, 3.05) is 0 Å². The highest BCUT2D eigenvalue weighted by molar-refractivity contribution is 5.92. The maximum absolute atomic E-state index is 12.0. The van der Waals surface area contributed by atoms with Crippen molar-refractivity contribution in [3.05, 3.63) is 81.4 Å². The second-order valence-corrected chi connectivity index (χ2v) is 5.47. The number of aryl methyl sites for hydroxylation is 1. The van der Waals surface area contributed by atoms with E-state index >= 15 is 0 Å². The van der Waals surface area contributed by atoms with Crippen LogP contribution in [0.1, 0.15) is 36.6 Å². The molecule has 5 nitrogen and oxygen atoms in total. The maximum Gasteiger partial charge on any atom is 0.276 e. The fourth-order valence-electron chi connectivity index (χ4n) is 2.35. The lowest BCUT2D eigenvalue weighted by molar-refractivity contribution is -0.385. The van der Waals surface area contributed by atoms with E-state index in [2.05, 4.69) is 12.2 Å². The Kier molecular flexibility index (Phi) is 5.84. The normalized spacial score (nSPS) is 12.1. The van der Waals surface area contributed by atoms with Crippen LogP contribution < -0.4 is 5.32 Å². The molecule has 24 heavy (non-hydrogen) atoms. The summed E-state index contributed by atoms with van der Waals surface area (Å²) in [6.07, 6.45) is 3.75. The number of nitro groups is 1. The van der Waals surface area contributed by atoms with Crippen molar-refractivity contribution < 1.29 is 9.72 Å². The monoisotopic (exact) mass is 324 g/mol. The van der Waals surface area contributed by atoms with Gasteiger partial charge in [-0.1, -0.05) is 43.3 Å². The molecule has 0 aliphatic carbocycles. The number of carbonyl (C=O) groups is 1. The van der Waals surface area contributed by atoms with Gasteiger partial charge in [0.05, 0.1) is 16.5 Å². The Morgan fingerprint density at radius 1 is 1.21 bits per heavy atom. The van der Waals surface area contributed by atoms with Gasteiger partial charge in [-0.2, -0.15) is 0 Å². The largest absolute Gasteiger partial charge is 0.346 e. The first-order chi connectivity index (χ1) is 11.5. The molecular weight excluding hydrogens is 304 g/mol. The zero-order valence-corrected chi connectivity index (χ0v) is 13.7. The molecule has 0 saturated carbocycles. The van der Waals surface area contributed by atoms with Crippen molar-refractivity contribution in [3.63, 3.8) is 0 Å². The molecule has 0 fully saturated rings. The van der Waals surface area contributed by atoms with Crippen LogP contribution in [0, 0.1) is 10.1 Å². The van der Waals surface area contributed by atoms with Gasteiger partial charge in [0.1, 0.15) is 0 Å². The number of amides is 1. The Hall–Kier alpha value is -2.95. The van der Waals surface area contributed by atoms with Crippen LogP contribution in [0.5, 0.6) is 0 Å². The number of nitrogens with zero attached hydrogens (tertiary/aromatic N) is 1. The van der Waals surface area contributed by atoms with Gasteiger partial charge in [0, 0.05) is 12.1 Å². The molecule has 1 atom stereocenters. The molecule has 124 valence electrons. The highest BCUT2D eigenvalue weighted by Gasteiger charge is 2.11. The Morgan fingerprint density at radius 3 is 2.50 bits per heavy atom. The summed E-state index contributed by atoms with van der Waals surface area (Å²) in [5.41, 5.74) is 2.63. The van der Waals surface area contributed by atoms with Crippen LogP contribution in [0.3, 0.4) is 0 Å². The first-order valence-corrected chi connectivity index (χ1v) is 7.82. The van der Waals surface area contributed by atoms with E-state index in [1.165, 1.54) is 23.8 Å². The molecule has 2 rings (SSSR count). The Labute approximate surface area is 141 Å². The minimum absolute atomic E-state index is 0.0234. The molecule has 0 aliphatic heterocycles. The number of hydrogen-bond donors (Lipinski definition) is 1. The third kappa shape index (κ3) is 4.52. The predicted molar refractivity (Wildman–Crippen MR) is 94.5 cm³/mol. The third-order valence-corrected chi connectivity index (χ3v) is 3.79. The first kappa shape index (κ1) is 17.4. The highest BCUT2D eigenvalue weighted by Crippen LogP contribution is 2.19. The second kappa shape index (κ2) is 8.06. The number of para-hydroxylation sites is 1. The summed E-state index contributed by atoms with van der Waals surface area (Å²) in [5, 5.41) is 13.8. The summed E-state index contributed by atoms with van der Waals surface area (Å²) >= 11 is 0.